The van der Waals surface area contributed by atoms with Gasteiger partial charge in [0, 0.05) is 10.6 Å². The molecule has 0 unspecified atom stereocenters. The van der Waals surface area contributed by atoms with Crippen LogP contribution in [-0.2, 0) is 6.18 Å². The molecule has 5 nitrogen and oxygen atoms in total. The van der Waals surface area contributed by atoms with Crippen molar-refractivity contribution in [3.05, 3.63) is 50.3 Å². The zero-order valence-corrected chi connectivity index (χ0v) is 11.9. The van der Waals surface area contributed by atoms with Crippen LogP contribution in [0.5, 0.6) is 0 Å². The third kappa shape index (κ3) is 2.98. The summed E-state index contributed by atoms with van der Waals surface area (Å²) in [7, 11) is 0. The van der Waals surface area contributed by atoms with Gasteiger partial charge in [0.25, 0.3) is 5.56 Å². The van der Waals surface area contributed by atoms with Crippen LogP contribution in [0.3, 0.4) is 0 Å². The van der Waals surface area contributed by atoms with Gasteiger partial charge in [-0.2, -0.15) is 23.7 Å². The largest absolute Gasteiger partial charge is 0.416 e. The third-order valence-corrected chi connectivity index (χ3v) is 3.20. The van der Waals surface area contributed by atoms with Crippen molar-refractivity contribution in [2.75, 3.05) is 5.73 Å². The van der Waals surface area contributed by atoms with Gasteiger partial charge in [-0.25, -0.2) is 0 Å². The number of hydrogen-bond acceptors (Lipinski definition) is 4. The molecule has 0 fully saturated rings. The number of nitrogens with two attached hydrogens (primary N) is 1. The second kappa shape index (κ2) is 5.67. The number of nitrogens with zero attached hydrogens (tertiary/aromatic N) is 2. The van der Waals surface area contributed by atoms with Gasteiger partial charge in [0.2, 0.25) is 0 Å². The van der Waals surface area contributed by atoms with Crippen LogP contribution in [0.1, 0.15) is 16.7 Å². The fourth-order valence-corrected chi connectivity index (χ4v) is 2.26. The number of nitriles is 2. The first kappa shape index (κ1) is 16.4. The molecule has 2 aromatic rings. The van der Waals surface area contributed by atoms with Crippen LogP contribution in [0.25, 0.3) is 11.1 Å². The summed E-state index contributed by atoms with van der Waals surface area (Å²) in [6, 6.07) is 5.75. The SMILES string of the molecule is N#Cc1c(N)[nH]c(=O)c(C#N)c1-c1cc(Cl)cc(C(F)(F)F)c1. The van der Waals surface area contributed by atoms with Gasteiger partial charge in [-0.3, -0.25) is 4.79 Å². The van der Waals surface area contributed by atoms with E-state index in [0.29, 0.717) is 12.1 Å². The zero-order valence-electron chi connectivity index (χ0n) is 11.1. The van der Waals surface area contributed by atoms with E-state index >= 15 is 0 Å². The molecule has 0 amide bonds. The summed E-state index contributed by atoms with van der Waals surface area (Å²) in [6.07, 6.45) is -4.69. The second-order valence-corrected chi connectivity index (χ2v) is 4.88. The van der Waals surface area contributed by atoms with Crippen molar-refractivity contribution in [1.29, 1.82) is 10.5 Å². The lowest BCUT2D eigenvalue weighted by atomic mass is 9.95. The van der Waals surface area contributed by atoms with Gasteiger partial charge in [-0.05, 0) is 23.8 Å². The standard InChI is InChI=1S/C14H6ClF3N4O/c15-8-2-6(1-7(3-8)14(16,17)18)11-9(4-19)12(21)22-13(23)10(11)5-20/h1-3H,(H3,21,22,23). The van der Waals surface area contributed by atoms with Crippen molar-refractivity contribution < 1.29 is 13.2 Å². The van der Waals surface area contributed by atoms with E-state index in [2.05, 4.69) is 4.98 Å². The summed E-state index contributed by atoms with van der Waals surface area (Å²) in [5.41, 5.74) is 2.21. The minimum Gasteiger partial charge on any atom is -0.384 e. The summed E-state index contributed by atoms with van der Waals surface area (Å²) < 4.78 is 38.7. The Morgan fingerprint density at radius 2 is 1.74 bits per heavy atom. The van der Waals surface area contributed by atoms with E-state index < -0.39 is 22.9 Å². The molecule has 3 N–H and O–H groups in total. The molecular formula is C14H6ClF3N4O. The van der Waals surface area contributed by atoms with E-state index in [1.54, 1.807) is 12.1 Å². The van der Waals surface area contributed by atoms with E-state index in [4.69, 9.17) is 27.9 Å². The van der Waals surface area contributed by atoms with Crippen LogP contribution >= 0.6 is 11.6 Å². The highest BCUT2D eigenvalue weighted by Gasteiger charge is 2.32. The highest BCUT2D eigenvalue weighted by molar-refractivity contribution is 6.31. The molecule has 0 spiro atoms. The van der Waals surface area contributed by atoms with Crippen LogP contribution in [0, 0.1) is 22.7 Å². The monoisotopic (exact) mass is 338 g/mol. The van der Waals surface area contributed by atoms with Crippen LogP contribution < -0.4 is 11.3 Å². The molecule has 23 heavy (non-hydrogen) atoms. The van der Waals surface area contributed by atoms with Gasteiger partial charge in [-0.15, -0.1) is 0 Å². The lowest BCUT2D eigenvalue weighted by molar-refractivity contribution is -0.137. The second-order valence-electron chi connectivity index (χ2n) is 4.44. The number of nitrogens with one attached hydrogen (secondary N) is 1. The number of alkyl halides is 3. The van der Waals surface area contributed by atoms with Crippen LogP contribution in [0.2, 0.25) is 5.02 Å². The molecule has 2 rings (SSSR count). The van der Waals surface area contributed by atoms with Crippen LogP contribution in [-0.4, -0.2) is 4.98 Å². The number of H-pyrrole nitrogens is 1. The van der Waals surface area contributed by atoms with E-state index in [1.807, 2.05) is 0 Å². The molecule has 0 atom stereocenters. The van der Waals surface area contributed by atoms with Gasteiger partial charge < -0.3 is 10.7 Å². The van der Waals surface area contributed by atoms with E-state index in [-0.39, 0.29) is 27.5 Å². The normalized spacial score (nSPS) is 10.9. The Morgan fingerprint density at radius 1 is 1.13 bits per heavy atom. The smallest absolute Gasteiger partial charge is 0.384 e. The highest BCUT2D eigenvalue weighted by Crippen LogP contribution is 2.36. The zero-order chi connectivity index (χ0) is 17.4. The van der Waals surface area contributed by atoms with Gasteiger partial charge in [0.05, 0.1) is 5.56 Å². The minimum atomic E-state index is -4.69. The molecular weight excluding hydrogens is 333 g/mol. The van der Waals surface area contributed by atoms with E-state index in [1.165, 1.54) is 0 Å². The lowest BCUT2D eigenvalue weighted by Crippen LogP contribution is -2.16. The molecule has 0 saturated heterocycles. The number of rotatable bonds is 1. The Kier molecular flexibility index (Phi) is 4.04. The summed E-state index contributed by atoms with van der Waals surface area (Å²) in [5.74, 6) is -0.347. The van der Waals surface area contributed by atoms with Gasteiger partial charge >= 0.3 is 6.18 Å². The highest BCUT2D eigenvalue weighted by atomic mass is 35.5. The molecule has 0 aliphatic heterocycles. The maximum absolute atomic E-state index is 12.9. The summed E-state index contributed by atoms with van der Waals surface area (Å²) in [6.45, 7) is 0. The first-order chi connectivity index (χ1) is 10.7. The molecule has 116 valence electrons. The maximum Gasteiger partial charge on any atom is 0.416 e. The van der Waals surface area contributed by atoms with Crippen LogP contribution in [0.4, 0.5) is 19.0 Å². The minimum absolute atomic E-state index is 0.198. The van der Waals surface area contributed by atoms with Crippen molar-refractivity contribution in [2.45, 2.75) is 6.18 Å². The topological polar surface area (TPSA) is 106 Å². The molecule has 0 radical (unpaired) electrons. The molecule has 0 bridgehead atoms. The summed E-state index contributed by atoms with van der Waals surface area (Å²) in [4.78, 5) is 13.9. The Morgan fingerprint density at radius 3 is 2.26 bits per heavy atom. The molecule has 1 aromatic heterocycles. The van der Waals surface area contributed by atoms with E-state index in [9.17, 15) is 18.0 Å². The molecule has 0 aliphatic carbocycles. The fraction of sp³-hybridized carbons (Fsp3) is 0.0714. The maximum atomic E-state index is 12.9. The summed E-state index contributed by atoms with van der Waals surface area (Å²) >= 11 is 5.69. The number of pyridine rings is 1. The molecule has 0 aliphatic rings. The van der Waals surface area contributed by atoms with Crippen molar-refractivity contribution in [2.24, 2.45) is 0 Å². The molecule has 1 aromatic carbocycles. The van der Waals surface area contributed by atoms with Gasteiger partial charge in [0.15, 0.2) is 0 Å². The quantitative estimate of drug-likeness (QED) is 0.833. The number of nitrogen functional groups attached to an aromatic ring is 1. The third-order valence-electron chi connectivity index (χ3n) is 2.98. The Labute approximate surface area is 132 Å². The Balaban J connectivity index is 2.94. The van der Waals surface area contributed by atoms with Crippen LogP contribution in [0.15, 0.2) is 23.0 Å². The lowest BCUT2D eigenvalue weighted by Gasteiger charge is -2.12. The number of halogens is 4. The fourth-order valence-electron chi connectivity index (χ4n) is 2.03. The number of benzene rings is 1. The summed E-state index contributed by atoms with van der Waals surface area (Å²) in [5, 5.41) is 18.0. The van der Waals surface area contributed by atoms with Crippen molar-refractivity contribution in [1.82, 2.24) is 4.98 Å². The number of aromatic amines is 1. The van der Waals surface area contributed by atoms with Crippen molar-refractivity contribution in [3.8, 4) is 23.3 Å². The van der Waals surface area contributed by atoms with Gasteiger partial charge in [0.1, 0.15) is 29.1 Å². The predicted molar refractivity (Wildman–Crippen MR) is 76.4 cm³/mol. The average Bonchev–Trinajstić information content (AvgIpc) is 2.45. The molecule has 9 heteroatoms. The average molecular weight is 339 g/mol. The first-order valence-corrected chi connectivity index (χ1v) is 6.31. The first-order valence-electron chi connectivity index (χ1n) is 5.93. The number of aromatic nitrogens is 1. The molecule has 0 saturated carbocycles. The predicted octanol–water partition coefficient (Wildman–Crippen LogP) is 3.04. The van der Waals surface area contributed by atoms with Gasteiger partial charge in [-0.1, -0.05) is 11.6 Å². The molecule has 1 heterocycles. The van der Waals surface area contributed by atoms with Crippen molar-refractivity contribution in [3.63, 3.8) is 0 Å². The number of anilines is 1. The van der Waals surface area contributed by atoms with E-state index in [0.717, 1.165) is 6.07 Å². The Hall–Kier alpha value is -2.97. The Bertz CT molecular complexity index is 935. The van der Waals surface area contributed by atoms with Crippen molar-refractivity contribution >= 4 is 17.4 Å². The number of hydrogen-bond donors (Lipinski definition) is 2.